The van der Waals surface area contributed by atoms with E-state index in [1.54, 1.807) is 6.07 Å². The smallest absolute Gasteiger partial charge is 0.269 e. The Hall–Kier alpha value is -3.16. The Morgan fingerprint density at radius 1 is 1.30 bits per heavy atom. The Morgan fingerprint density at radius 3 is 2.60 bits per heavy atom. The SMILES string of the molecule is NC(=NO)c1cc(Oc2ccc([N+](=O)[O-])cc2)ccn1. The summed E-state index contributed by atoms with van der Waals surface area (Å²) in [4.78, 5) is 13.9. The molecule has 0 fully saturated rings. The molecule has 8 heteroatoms. The number of nitrogens with zero attached hydrogens (tertiary/aromatic N) is 3. The van der Waals surface area contributed by atoms with E-state index in [-0.39, 0.29) is 17.2 Å². The van der Waals surface area contributed by atoms with Gasteiger partial charge in [0.05, 0.1) is 4.92 Å². The average molecular weight is 274 g/mol. The molecule has 0 aliphatic rings. The van der Waals surface area contributed by atoms with Gasteiger partial charge in [-0.05, 0) is 18.2 Å². The van der Waals surface area contributed by atoms with Crippen LogP contribution in [0.15, 0.2) is 47.8 Å². The van der Waals surface area contributed by atoms with Crippen molar-refractivity contribution >= 4 is 11.5 Å². The van der Waals surface area contributed by atoms with Gasteiger partial charge in [-0.3, -0.25) is 15.1 Å². The first kappa shape index (κ1) is 13.3. The van der Waals surface area contributed by atoms with Crippen LogP contribution in [0, 0.1) is 10.1 Å². The number of oxime groups is 1. The molecule has 1 aromatic carbocycles. The van der Waals surface area contributed by atoms with Gasteiger partial charge in [-0.1, -0.05) is 5.16 Å². The number of benzene rings is 1. The number of amidine groups is 1. The number of pyridine rings is 1. The van der Waals surface area contributed by atoms with Crippen molar-refractivity contribution in [2.75, 3.05) is 0 Å². The lowest BCUT2D eigenvalue weighted by Gasteiger charge is -2.06. The van der Waals surface area contributed by atoms with Crippen molar-refractivity contribution in [2.24, 2.45) is 10.9 Å². The van der Waals surface area contributed by atoms with Crippen LogP contribution in [0.5, 0.6) is 11.5 Å². The van der Waals surface area contributed by atoms with Crippen LogP contribution in [0.2, 0.25) is 0 Å². The van der Waals surface area contributed by atoms with E-state index in [1.807, 2.05) is 0 Å². The van der Waals surface area contributed by atoms with Crippen LogP contribution in [-0.2, 0) is 0 Å². The highest BCUT2D eigenvalue weighted by Crippen LogP contribution is 2.23. The zero-order chi connectivity index (χ0) is 14.5. The summed E-state index contributed by atoms with van der Waals surface area (Å²) in [5, 5.41) is 21.9. The lowest BCUT2D eigenvalue weighted by atomic mass is 10.3. The minimum atomic E-state index is -0.493. The molecule has 0 atom stereocenters. The number of non-ortho nitro benzene ring substituents is 1. The first-order valence-corrected chi connectivity index (χ1v) is 5.46. The van der Waals surface area contributed by atoms with Crippen molar-refractivity contribution in [1.29, 1.82) is 0 Å². The number of hydrogen-bond donors (Lipinski definition) is 2. The maximum Gasteiger partial charge on any atom is 0.269 e. The molecule has 20 heavy (non-hydrogen) atoms. The molecule has 0 aliphatic carbocycles. The quantitative estimate of drug-likeness (QED) is 0.288. The topological polar surface area (TPSA) is 124 Å². The van der Waals surface area contributed by atoms with Crippen LogP contribution in [0.4, 0.5) is 5.69 Å². The fourth-order valence-electron chi connectivity index (χ4n) is 1.44. The minimum absolute atomic E-state index is 0.0237. The predicted octanol–water partition coefficient (Wildman–Crippen LogP) is 1.88. The van der Waals surface area contributed by atoms with E-state index in [2.05, 4.69) is 10.1 Å². The molecule has 0 amide bonds. The van der Waals surface area contributed by atoms with E-state index in [0.717, 1.165) is 0 Å². The minimum Gasteiger partial charge on any atom is -0.457 e. The van der Waals surface area contributed by atoms with E-state index in [0.29, 0.717) is 11.5 Å². The number of nitrogens with two attached hydrogens (primary N) is 1. The molecule has 0 unspecified atom stereocenters. The van der Waals surface area contributed by atoms with Crippen molar-refractivity contribution in [3.8, 4) is 11.5 Å². The maximum atomic E-state index is 10.5. The molecule has 3 N–H and O–H groups in total. The second-order valence-electron chi connectivity index (χ2n) is 3.72. The summed E-state index contributed by atoms with van der Waals surface area (Å²) in [6, 6.07) is 8.68. The van der Waals surface area contributed by atoms with Gasteiger partial charge in [-0.2, -0.15) is 0 Å². The molecule has 0 radical (unpaired) electrons. The average Bonchev–Trinajstić information content (AvgIpc) is 2.47. The highest BCUT2D eigenvalue weighted by molar-refractivity contribution is 5.95. The molecule has 1 heterocycles. The summed E-state index contributed by atoms with van der Waals surface area (Å²) in [6.07, 6.45) is 1.44. The van der Waals surface area contributed by atoms with Crippen LogP contribution in [-0.4, -0.2) is 21.0 Å². The third-order valence-electron chi connectivity index (χ3n) is 2.38. The van der Waals surface area contributed by atoms with Crippen LogP contribution in [0.1, 0.15) is 5.69 Å². The third-order valence-corrected chi connectivity index (χ3v) is 2.38. The van der Waals surface area contributed by atoms with Crippen LogP contribution < -0.4 is 10.5 Å². The Bertz CT molecular complexity index is 655. The normalized spacial score (nSPS) is 11.1. The van der Waals surface area contributed by atoms with Crippen LogP contribution in [0.3, 0.4) is 0 Å². The van der Waals surface area contributed by atoms with Crippen molar-refractivity contribution < 1.29 is 14.9 Å². The fourth-order valence-corrected chi connectivity index (χ4v) is 1.44. The zero-order valence-corrected chi connectivity index (χ0v) is 10.1. The molecular formula is C12H10N4O4. The fraction of sp³-hybridized carbons (Fsp3) is 0. The number of nitro benzene ring substituents is 1. The van der Waals surface area contributed by atoms with Gasteiger partial charge in [0.2, 0.25) is 0 Å². The van der Waals surface area contributed by atoms with E-state index in [1.165, 1.54) is 36.5 Å². The second kappa shape index (κ2) is 5.65. The van der Waals surface area contributed by atoms with E-state index >= 15 is 0 Å². The molecule has 0 saturated heterocycles. The molecule has 0 aliphatic heterocycles. The number of nitro groups is 1. The number of ether oxygens (including phenoxy) is 1. The maximum absolute atomic E-state index is 10.5. The molecule has 0 saturated carbocycles. The monoisotopic (exact) mass is 274 g/mol. The lowest BCUT2D eigenvalue weighted by molar-refractivity contribution is -0.384. The summed E-state index contributed by atoms with van der Waals surface area (Å²) >= 11 is 0. The lowest BCUT2D eigenvalue weighted by Crippen LogP contribution is -2.14. The van der Waals surface area contributed by atoms with Crippen LogP contribution >= 0.6 is 0 Å². The molecular weight excluding hydrogens is 264 g/mol. The van der Waals surface area contributed by atoms with Gasteiger partial charge in [-0.25, -0.2) is 0 Å². The van der Waals surface area contributed by atoms with E-state index in [9.17, 15) is 10.1 Å². The summed E-state index contributed by atoms with van der Waals surface area (Å²) in [5.41, 5.74) is 5.65. The first-order chi connectivity index (χ1) is 9.60. The standard InChI is InChI=1S/C12H10N4O4/c13-12(15-17)11-7-10(5-6-14-11)20-9-3-1-8(2-4-9)16(18)19/h1-7,17H,(H2,13,15). The Kier molecular flexibility index (Phi) is 3.75. The molecule has 2 rings (SSSR count). The number of rotatable bonds is 4. The highest BCUT2D eigenvalue weighted by atomic mass is 16.6. The number of hydrogen-bond acceptors (Lipinski definition) is 6. The van der Waals surface area contributed by atoms with Crippen molar-refractivity contribution in [1.82, 2.24) is 4.98 Å². The van der Waals surface area contributed by atoms with Gasteiger partial charge in [0.1, 0.15) is 17.2 Å². The molecule has 102 valence electrons. The molecule has 2 aromatic rings. The van der Waals surface area contributed by atoms with Gasteiger partial charge >= 0.3 is 0 Å². The van der Waals surface area contributed by atoms with Crippen molar-refractivity contribution in [2.45, 2.75) is 0 Å². The van der Waals surface area contributed by atoms with Gasteiger partial charge in [0, 0.05) is 24.4 Å². The zero-order valence-electron chi connectivity index (χ0n) is 10.1. The van der Waals surface area contributed by atoms with Crippen molar-refractivity contribution in [3.63, 3.8) is 0 Å². The van der Waals surface area contributed by atoms with Crippen molar-refractivity contribution in [3.05, 3.63) is 58.4 Å². The van der Waals surface area contributed by atoms with Gasteiger partial charge in [0.15, 0.2) is 5.84 Å². The molecule has 8 nitrogen and oxygen atoms in total. The Morgan fingerprint density at radius 2 is 2.00 bits per heavy atom. The Balaban J connectivity index is 2.19. The van der Waals surface area contributed by atoms with Gasteiger partial charge < -0.3 is 15.7 Å². The van der Waals surface area contributed by atoms with Crippen LogP contribution in [0.25, 0.3) is 0 Å². The summed E-state index contributed by atoms with van der Waals surface area (Å²) in [5.74, 6) is 0.696. The Labute approximate surface area is 113 Å². The largest absolute Gasteiger partial charge is 0.457 e. The molecule has 0 bridgehead atoms. The third kappa shape index (κ3) is 2.99. The summed E-state index contributed by atoms with van der Waals surface area (Å²) in [7, 11) is 0. The second-order valence-corrected chi connectivity index (χ2v) is 3.72. The predicted molar refractivity (Wildman–Crippen MR) is 69.9 cm³/mol. The number of aromatic nitrogens is 1. The van der Waals surface area contributed by atoms with E-state index < -0.39 is 4.92 Å². The summed E-state index contributed by atoms with van der Waals surface area (Å²) < 4.78 is 5.49. The van der Waals surface area contributed by atoms with Gasteiger partial charge in [-0.15, -0.1) is 0 Å². The summed E-state index contributed by atoms with van der Waals surface area (Å²) in [6.45, 7) is 0. The molecule has 0 spiro atoms. The van der Waals surface area contributed by atoms with Gasteiger partial charge in [0.25, 0.3) is 5.69 Å². The van der Waals surface area contributed by atoms with E-state index in [4.69, 9.17) is 15.7 Å². The highest BCUT2D eigenvalue weighted by Gasteiger charge is 2.07. The molecule has 1 aromatic heterocycles. The first-order valence-electron chi connectivity index (χ1n) is 5.46.